The smallest absolute Gasteiger partial charge is 0.323 e. The molecular formula is C18H18F2N2O3S. The van der Waals surface area contributed by atoms with Gasteiger partial charge in [0.05, 0.1) is 19.9 Å². The first-order valence-electron chi connectivity index (χ1n) is 7.89. The molecule has 138 valence electrons. The molecule has 1 N–H and O–H groups in total. The number of halogens is 2. The number of amides is 2. The van der Waals surface area contributed by atoms with Crippen LogP contribution in [0.2, 0.25) is 0 Å². The number of carbonyl (C=O) groups excluding carboxylic acids is 1. The number of hydrogen-bond acceptors (Lipinski definition) is 4. The van der Waals surface area contributed by atoms with Crippen molar-refractivity contribution in [3.05, 3.63) is 53.6 Å². The SMILES string of the molecule is COc1ccc([C@@H]2SCCN2C(=O)Nc2ccc(F)cc2F)c(OC)c1. The number of thioether (sulfide) groups is 1. The van der Waals surface area contributed by atoms with Gasteiger partial charge in [-0.1, -0.05) is 0 Å². The fourth-order valence-corrected chi connectivity index (χ4v) is 4.02. The van der Waals surface area contributed by atoms with Gasteiger partial charge in [-0.15, -0.1) is 11.8 Å². The van der Waals surface area contributed by atoms with Crippen LogP contribution in [0, 0.1) is 11.6 Å². The number of anilines is 1. The van der Waals surface area contributed by atoms with Gasteiger partial charge >= 0.3 is 6.03 Å². The maximum atomic E-state index is 13.8. The Morgan fingerprint density at radius 1 is 1.19 bits per heavy atom. The minimum absolute atomic E-state index is 0.0613. The van der Waals surface area contributed by atoms with Crippen molar-refractivity contribution < 1.29 is 23.0 Å². The quantitative estimate of drug-likeness (QED) is 0.861. The molecule has 3 rings (SSSR count). The van der Waals surface area contributed by atoms with E-state index in [4.69, 9.17) is 9.47 Å². The molecule has 0 radical (unpaired) electrons. The minimum atomic E-state index is -0.816. The molecule has 0 saturated carbocycles. The highest BCUT2D eigenvalue weighted by Crippen LogP contribution is 2.43. The highest BCUT2D eigenvalue weighted by Gasteiger charge is 2.33. The van der Waals surface area contributed by atoms with E-state index in [0.29, 0.717) is 18.0 Å². The number of nitrogens with zero attached hydrogens (tertiary/aromatic N) is 1. The Hall–Kier alpha value is -2.48. The van der Waals surface area contributed by atoms with Crippen LogP contribution in [0.15, 0.2) is 36.4 Å². The molecule has 1 saturated heterocycles. The molecule has 1 atom stereocenters. The van der Waals surface area contributed by atoms with Gasteiger partial charge in [0.1, 0.15) is 28.5 Å². The molecule has 0 bridgehead atoms. The van der Waals surface area contributed by atoms with Gasteiger partial charge in [0.2, 0.25) is 0 Å². The zero-order valence-electron chi connectivity index (χ0n) is 14.3. The molecule has 1 heterocycles. The van der Waals surface area contributed by atoms with Crippen molar-refractivity contribution in [3.8, 4) is 11.5 Å². The molecule has 2 aromatic rings. The predicted octanol–water partition coefficient (Wildman–Crippen LogP) is 4.26. The molecule has 2 aromatic carbocycles. The van der Waals surface area contributed by atoms with Crippen molar-refractivity contribution in [1.82, 2.24) is 4.90 Å². The van der Waals surface area contributed by atoms with E-state index in [1.54, 1.807) is 43.0 Å². The third-order valence-electron chi connectivity index (χ3n) is 4.03. The molecule has 0 unspecified atom stereocenters. The van der Waals surface area contributed by atoms with Crippen LogP contribution in [0.25, 0.3) is 0 Å². The van der Waals surface area contributed by atoms with Gasteiger partial charge in [-0.05, 0) is 24.3 Å². The minimum Gasteiger partial charge on any atom is -0.497 e. The number of nitrogens with one attached hydrogen (secondary N) is 1. The normalized spacial score (nSPS) is 16.5. The summed E-state index contributed by atoms with van der Waals surface area (Å²) in [6, 6.07) is 7.98. The molecule has 1 aliphatic heterocycles. The highest BCUT2D eigenvalue weighted by molar-refractivity contribution is 7.99. The average Bonchev–Trinajstić information content (AvgIpc) is 3.13. The second-order valence-corrected chi connectivity index (χ2v) is 6.77. The van der Waals surface area contributed by atoms with Crippen LogP contribution < -0.4 is 14.8 Å². The lowest BCUT2D eigenvalue weighted by atomic mass is 10.1. The van der Waals surface area contributed by atoms with Crippen LogP contribution in [0.1, 0.15) is 10.9 Å². The van der Waals surface area contributed by atoms with Gasteiger partial charge < -0.3 is 19.7 Å². The molecule has 2 amide bonds. The monoisotopic (exact) mass is 380 g/mol. The Morgan fingerprint density at radius 2 is 2.00 bits per heavy atom. The molecule has 0 aliphatic carbocycles. The first-order valence-corrected chi connectivity index (χ1v) is 8.94. The number of benzene rings is 2. The van der Waals surface area contributed by atoms with Gasteiger partial charge in [-0.25, -0.2) is 13.6 Å². The topological polar surface area (TPSA) is 50.8 Å². The summed E-state index contributed by atoms with van der Waals surface area (Å²) in [4.78, 5) is 14.2. The molecule has 26 heavy (non-hydrogen) atoms. The number of urea groups is 1. The Bertz CT molecular complexity index is 819. The summed E-state index contributed by atoms with van der Waals surface area (Å²) in [5, 5.41) is 2.23. The Labute approximate surface area is 154 Å². The van der Waals surface area contributed by atoms with E-state index in [0.717, 1.165) is 23.4 Å². The van der Waals surface area contributed by atoms with Gasteiger partial charge in [-0.2, -0.15) is 0 Å². The van der Waals surface area contributed by atoms with Crippen LogP contribution in [-0.4, -0.2) is 37.4 Å². The van der Waals surface area contributed by atoms with E-state index in [1.165, 1.54) is 6.07 Å². The number of methoxy groups -OCH3 is 2. The summed E-state index contributed by atoms with van der Waals surface area (Å²) in [6.07, 6.45) is 0. The van der Waals surface area contributed by atoms with Crippen molar-refractivity contribution in [2.24, 2.45) is 0 Å². The summed E-state index contributed by atoms with van der Waals surface area (Å²) in [7, 11) is 3.12. The maximum absolute atomic E-state index is 13.8. The summed E-state index contributed by atoms with van der Waals surface area (Å²) in [5.41, 5.74) is 0.763. The third-order valence-corrected chi connectivity index (χ3v) is 5.27. The summed E-state index contributed by atoms with van der Waals surface area (Å²) in [6.45, 7) is 0.499. The lowest BCUT2D eigenvalue weighted by molar-refractivity contribution is 0.213. The molecular weight excluding hydrogens is 362 g/mol. The number of rotatable bonds is 4. The van der Waals surface area contributed by atoms with Crippen molar-refractivity contribution in [1.29, 1.82) is 0 Å². The summed E-state index contributed by atoms with van der Waals surface area (Å²) in [5.74, 6) is 0.480. The van der Waals surface area contributed by atoms with Crippen LogP contribution in [0.3, 0.4) is 0 Å². The average molecular weight is 380 g/mol. The zero-order chi connectivity index (χ0) is 18.7. The van der Waals surface area contributed by atoms with Gasteiger partial charge in [-0.3, -0.25) is 0 Å². The fourth-order valence-electron chi connectivity index (χ4n) is 2.74. The van der Waals surface area contributed by atoms with Gasteiger partial charge in [0, 0.05) is 30.0 Å². The first kappa shape index (κ1) is 18.3. The van der Waals surface area contributed by atoms with Gasteiger partial charge in [0.15, 0.2) is 0 Å². The standard InChI is InChI=1S/C18H18F2N2O3S/c1-24-12-4-5-13(16(10-12)25-2)17-22(7-8-26-17)18(23)21-15-6-3-11(19)9-14(15)20/h3-6,9-10,17H,7-8H2,1-2H3,(H,21,23)/t17-/m0/s1. The Kier molecular flexibility index (Phi) is 5.51. The predicted molar refractivity (Wildman–Crippen MR) is 96.8 cm³/mol. The van der Waals surface area contributed by atoms with E-state index in [2.05, 4.69) is 5.32 Å². The number of hydrogen-bond donors (Lipinski definition) is 1. The Balaban J connectivity index is 1.82. The molecule has 5 nitrogen and oxygen atoms in total. The molecule has 0 aromatic heterocycles. The molecule has 1 fully saturated rings. The lowest BCUT2D eigenvalue weighted by Crippen LogP contribution is -2.34. The van der Waals surface area contributed by atoms with Gasteiger partial charge in [0.25, 0.3) is 0 Å². The van der Waals surface area contributed by atoms with Crippen LogP contribution in [0.4, 0.5) is 19.3 Å². The second kappa shape index (κ2) is 7.82. The van der Waals surface area contributed by atoms with E-state index in [9.17, 15) is 13.6 Å². The van der Waals surface area contributed by atoms with Crippen molar-refractivity contribution >= 4 is 23.5 Å². The maximum Gasteiger partial charge on any atom is 0.323 e. The third kappa shape index (κ3) is 3.70. The number of carbonyl (C=O) groups is 1. The first-order chi connectivity index (χ1) is 12.5. The van der Waals surface area contributed by atoms with Crippen molar-refractivity contribution in [3.63, 3.8) is 0 Å². The zero-order valence-corrected chi connectivity index (χ0v) is 15.1. The summed E-state index contributed by atoms with van der Waals surface area (Å²) < 4.78 is 37.5. The largest absolute Gasteiger partial charge is 0.497 e. The molecule has 1 aliphatic rings. The van der Waals surface area contributed by atoms with Crippen molar-refractivity contribution in [2.75, 3.05) is 31.8 Å². The molecule has 8 heteroatoms. The van der Waals surface area contributed by atoms with E-state index in [-0.39, 0.29) is 11.1 Å². The summed E-state index contributed by atoms with van der Waals surface area (Å²) >= 11 is 1.58. The highest BCUT2D eigenvalue weighted by atomic mass is 32.2. The van der Waals surface area contributed by atoms with E-state index < -0.39 is 17.7 Å². The lowest BCUT2D eigenvalue weighted by Gasteiger charge is -2.26. The molecule has 0 spiro atoms. The fraction of sp³-hybridized carbons (Fsp3) is 0.278. The van der Waals surface area contributed by atoms with E-state index >= 15 is 0 Å². The second-order valence-electron chi connectivity index (χ2n) is 5.58. The van der Waals surface area contributed by atoms with Crippen LogP contribution >= 0.6 is 11.8 Å². The van der Waals surface area contributed by atoms with Crippen molar-refractivity contribution in [2.45, 2.75) is 5.37 Å². The van der Waals surface area contributed by atoms with E-state index in [1.807, 2.05) is 6.07 Å². The van der Waals surface area contributed by atoms with Crippen LogP contribution in [-0.2, 0) is 0 Å². The number of ether oxygens (including phenoxy) is 2. The van der Waals surface area contributed by atoms with Crippen LogP contribution in [0.5, 0.6) is 11.5 Å². The Morgan fingerprint density at radius 3 is 2.69 bits per heavy atom.